The molecule has 0 spiro atoms. The molecule has 25 heteroatoms. The van der Waals surface area contributed by atoms with Gasteiger partial charge in [0.05, 0.1) is 24.9 Å². The van der Waals surface area contributed by atoms with E-state index in [4.69, 9.17) is 10.1 Å². The molecule has 1 aromatic carbocycles. The van der Waals surface area contributed by atoms with Gasteiger partial charge in [0, 0.05) is 51.8 Å². The van der Waals surface area contributed by atoms with Gasteiger partial charge in [0.2, 0.25) is 5.91 Å². The number of rotatable bonds is 23. The SMILES string of the molecule is [N-]=[N+]=Nc1ccc(C(=O)NC(CCCCN=C([O-])CCCC[C@@H]2SC[C@@H]3NC(=O)N[C@@H]32)C(=O)NCCSSCCC(=O)ON2C(=O)CC(S(=O)(=O)O)C2=O)cc1.[Na+]. The van der Waals surface area contributed by atoms with Crippen LogP contribution in [0.25, 0.3) is 10.4 Å². The van der Waals surface area contributed by atoms with Gasteiger partial charge in [0.1, 0.15) is 6.04 Å². The third-order valence-corrected chi connectivity index (χ3v) is 13.7. The second kappa shape index (κ2) is 24.0. The average molecular weight is 880 g/mol. The number of carbonyl (C=O) groups excluding carboxylic acids is 6. The van der Waals surface area contributed by atoms with Crippen LogP contribution in [-0.4, -0.2) is 119 Å². The average Bonchev–Trinajstić information content (AvgIpc) is 3.80. The molecule has 0 bridgehead atoms. The number of fused-ring (bicyclic) bond motifs is 1. The Kier molecular flexibility index (Phi) is 20.3. The molecular weight excluding hydrogens is 838 g/mol. The van der Waals surface area contributed by atoms with Crippen molar-refractivity contribution in [1.82, 2.24) is 26.3 Å². The summed E-state index contributed by atoms with van der Waals surface area (Å²) in [4.78, 5) is 85.2. The number of hydrogen-bond donors (Lipinski definition) is 5. The number of unbranched alkanes of at least 4 members (excludes halogenated alkanes) is 2. The monoisotopic (exact) mass is 879 g/mol. The van der Waals surface area contributed by atoms with Crippen LogP contribution in [0.15, 0.2) is 34.4 Å². The minimum Gasteiger partial charge on any atom is -0.862 e. The van der Waals surface area contributed by atoms with Gasteiger partial charge in [-0.15, -0.1) is 5.06 Å². The number of benzene rings is 1. The maximum absolute atomic E-state index is 13.1. The zero-order valence-electron chi connectivity index (χ0n) is 31.0. The molecule has 3 saturated heterocycles. The maximum atomic E-state index is 13.1. The largest absolute Gasteiger partial charge is 1.00 e. The van der Waals surface area contributed by atoms with Gasteiger partial charge in [-0.3, -0.25) is 23.7 Å². The van der Waals surface area contributed by atoms with Crippen LogP contribution in [0.5, 0.6) is 0 Å². The Morgan fingerprint density at radius 3 is 2.53 bits per heavy atom. The maximum Gasteiger partial charge on any atom is 1.00 e. The third-order valence-electron chi connectivity index (χ3n) is 8.74. The number of carbonyl (C=O) groups is 6. The molecule has 0 aliphatic carbocycles. The van der Waals surface area contributed by atoms with E-state index in [1.165, 1.54) is 45.9 Å². The molecule has 6 amide bonds. The van der Waals surface area contributed by atoms with Crippen LogP contribution in [-0.2, 0) is 34.1 Å². The molecule has 0 saturated carbocycles. The summed E-state index contributed by atoms with van der Waals surface area (Å²) < 4.78 is 31.5. The predicted molar refractivity (Wildman–Crippen MR) is 207 cm³/mol. The first-order chi connectivity index (χ1) is 26.8. The summed E-state index contributed by atoms with van der Waals surface area (Å²) >= 11 is 1.83. The standard InChI is InChI=1S/C32H43N9O11S4.Na/c33-40-39-20-10-8-19(9-11-20)29(45)36-21(5-3-4-13-34-25(42)7-2-1-6-23-28-22(18-53-23)37-32(48)38-28)30(46)35-14-16-55-54-15-12-27(44)52-41-26(43)17-24(31(41)47)56(49,50)51;/h8-11,21-24,28H,1-7,12-18H2,(H,34,42)(H,35,46)(H,36,45)(H2,37,38,48)(H,49,50,51);/q;+1/p-1/t21?,22-,23-,24?,28-;/m0./s1. The van der Waals surface area contributed by atoms with E-state index in [0.29, 0.717) is 42.4 Å². The summed E-state index contributed by atoms with van der Waals surface area (Å²) in [5.41, 5.74) is 9.19. The van der Waals surface area contributed by atoms with E-state index in [0.717, 1.165) is 18.6 Å². The number of aliphatic imine (C=N–C) groups is 1. The van der Waals surface area contributed by atoms with Gasteiger partial charge >= 0.3 is 41.6 Å². The van der Waals surface area contributed by atoms with Crippen LogP contribution in [0.1, 0.15) is 68.1 Å². The van der Waals surface area contributed by atoms with Crippen molar-refractivity contribution >= 4 is 90.7 Å². The smallest absolute Gasteiger partial charge is 0.862 e. The summed E-state index contributed by atoms with van der Waals surface area (Å²) in [6, 6.07) is 5.12. The first-order valence-electron chi connectivity index (χ1n) is 17.7. The molecule has 4 rings (SSSR count). The first kappa shape index (κ1) is 48.2. The van der Waals surface area contributed by atoms with Gasteiger partial charge < -0.3 is 36.2 Å². The van der Waals surface area contributed by atoms with Crippen LogP contribution in [0.4, 0.5) is 10.5 Å². The summed E-state index contributed by atoms with van der Waals surface area (Å²) in [5, 5.41) is 25.6. The van der Waals surface area contributed by atoms with E-state index in [2.05, 4.69) is 41.1 Å². The van der Waals surface area contributed by atoms with Crippen LogP contribution >= 0.6 is 33.3 Å². The fraction of sp³-hybridized carbons (Fsp3) is 0.594. The number of amides is 6. The predicted octanol–water partition coefficient (Wildman–Crippen LogP) is -1.25. The number of azide groups is 1. The molecule has 306 valence electrons. The fourth-order valence-corrected chi connectivity index (χ4v) is 10.0. The van der Waals surface area contributed by atoms with Crippen molar-refractivity contribution in [1.29, 1.82) is 0 Å². The number of hydroxylamine groups is 2. The number of nitrogens with one attached hydrogen (secondary N) is 4. The Balaban J connectivity index is 0.00000870. The molecule has 57 heavy (non-hydrogen) atoms. The van der Waals surface area contributed by atoms with Crippen molar-refractivity contribution in [2.24, 2.45) is 10.1 Å². The normalized spacial score (nSPS) is 20.8. The summed E-state index contributed by atoms with van der Waals surface area (Å²) in [6.45, 7) is 0.483. The van der Waals surface area contributed by atoms with E-state index in [1.807, 2.05) is 11.8 Å². The van der Waals surface area contributed by atoms with E-state index < -0.39 is 57.4 Å². The molecule has 3 heterocycles. The zero-order chi connectivity index (χ0) is 40.7. The Morgan fingerprint density at radius 1 is 1.09 bits per heavy atom. The molecule has 0 aromatic heterocycles. The number of imide groups is 1. The minimum atomic E-state index is -4.83. The van der Waals surface area contributed by atoms with Crippen LogP contribution < -0.4 is 55.9 Å². The quantitative estimate of drug-likeness (QED) is 0.00734. The van der Waals surface area contributed by atoms with Gasteiger partial charge in [0.25, 0.3) is 27.8 Å². The first-order valence-corrected chi connectivity index (χ1v) is 22.7. The number of nitrogens with zero attached hydrogens (tertiary/aromatic N) is 5. The molecule has 3 aliphatic heterocycles. The van der Waals surface area contributed by atoms with Crippen LogP contribution in [0.3, 0.4) is 0 Å². The Morgan fingerprint density at radius 2 is 1.82 bits per heavy atom. The van der Waals surface area contributed by atoms with Crippen LogP contribution in [0, 0.1) is 0 Å². The number of thioether (sulfide) groups is 1. The van der Waals surface area contributed by atoms with Crippen molar-refractivity contribution < 1.29 is 81.2 Å². The van der Waals surface area contributed by atoms with Gasteiger partial charge in [-0.1, -0.05) is 45.3 Å². The number of urea groups is 1. The molecule has 20 nitrogen and oxygen atoms in total. The van der Waals surface area contributed by atoms with Crippen molar-refractivity contribution in [3.8, 4) is 0 Å². The van der Waals surface area contributed by atoms with Gasteiger partial charge in [-0.2, -0.15) is 20.2 Å². The summed E-state index contributed by atoms with van der Waals surface area (Å²) in [7, 11) is -2.29. The van der Waals surface area contributed by atoms with Crippen molar-refractivity contribution in [2.75, 3.05) is 30.3 Å². The van der Waals surface area contributed by atoms with Crippen LogP contribution in [0.2, 0.25) is 0 Å². The molecular formula is C32H42N9NaO11S4. The second-order valence-corrected chi connectivity index (χ2v) is 18.4. The molecule has 3 fully saturated rings. The van der Waals surface area contributed by atoms with Crippen molar-refractivity contribution in [3.63, 3.8) is 0 Å². The topological polar surface area (TPSA) is 302 Å². The van der Waals surface area contributed by atoms with Gasteiger partial charge in [0.15, 0.2) is 5.25 Å². The Bertz CT molecular complexity index is 1800. The van der Waals surface area contributed by atoms with E-state index in [9.17, 15) is 42.3 Å². The summed E-state index contributed by atoms with van der Waals surface area (Å²) in [5.74, 6) is -3.04. The number of hydrogen-bond acceptors (Lipinski definition) is 15. The van der Waals surface area contributed by atoms with Crippen molar-refractivity contribution in [3.05, 3.63) is 40.3 Å². The molecule has 5 atom stereocenters. The Labute approximate surface area is 363 Å². The summed E-state index contributed by atoms with van der Waals surface area (Å²) in [6.07, 6.45) is 2.98. The fourth-order valence-electron chi connectivity index (χ4n) is 5.89. The van der Waals surface area contributed by atoms with E-state index >= 15 is 0 Å². The third kappa shape index (κ3) is 15.5. The minimum absolute atomic E-state index is 0. The molecule has 5 N–H and O–H groups in total. The zero-order valence-corrected chi connectivity index (χ0v) is 36.3. The van der Waals surface area contributed by atoms with E-state index in [-0.39, 0.29) is 95.9 Å². The molecule has 0 radical (unpaired) electrons. The second-order valence-electron chi connectivity index (χ2n) is 12.8. The molecule has 1 aromatic rings. The van der Waals surface area contributed by atoms with Crippen molar-refractivity contribution in [2.45, 2.75) is 86.4 Å². The van der Waals surface area contributed by atoms with Gasteiger partial charge in [-0.05, 0) is 62.1 Å². The van der Waals surface area contributed by atoms with Gasteiger partial charge in [-0.25, -0.2) is 9.59 Å². The Hall–Kier alpha value is -3.22. The molecule has 3 aliphatic rings. The van der Waals surface area contributed by atoms with E-state index in [1.54, 1.807) is 0 Å². The molecule has 2 unspecified atom stereocenters.